The molecule has 0 aliphatic carbocycles. The summed E-state index contributed by atoms with van der Waals surface area (Å²) in [5.41, 5.74) is 2.45. The number of anilines is 2. The van der Waals surface area contributed by atoms with Crippen molar-refractivity contribution in [2.24, 2.45) is 0 Å². The predicted octanol–water partition coefficient (Wildman–Crippen LogP) is 4.26. The molecule has 3 aromatic carbocycles. The van der Waals surface area contributed by atoms with Crippen LogP contribution in [-0.4, -0.2) is 50.5 Å². The first-order valence-corrected chi connectivity index (χ1v) is 14.1. The maximum absolute atomic E-state index is 13.6. The van der Waals surface area contributed by atoms with E-state index in [4.69, 9.17) is 4.74 Å². The van der Waals surface area contributed by atoms with Crippen molar-refractivity contribution in [2.45, 2.75) is 39.2 Å². The van der Waals surface area contributed by atoms with Crippen LogP contribution < -0.4 is 16.0 Å². The van der Waals surface area contributed by atoms with E-state index >= 15 is 0 Å². The molecule has 3 amide bonds. The number of methoxy groups -OCH3 is 1. The Morgan fingerprint density at radius 3 is 2.03 bits per heavy atom. The summed E-state index contributed by atoms with van der Waals surface area (Å²) < 4.78 is 29.0. The second-order valence-corrected chi connectivity index (χ2v) is 12.1. The molecule has 1 heterocycles. The Bertz CT molecular complexity index is 1510. The standard InChI is InChI=1S/C28H31N3O6S/c1-17-13-18(2)24(19(3)14-17)30-27(34)29-23-16-21-8-6-5-7-20(21)15-22(23)25(32)31-28(26(33)37-4)9-11-38(35,36)12-10-28/h5-8,13-16H,9-12H2,1-4H3,(H,31,32)(H2,29,30,34). The molecule has 0 aromatic heterocycles. The maximum Gasteiger partial charge on any atom is 0.331 e. The van der Waals surface area contributed by atoms with Crippen molar-refractivity contribution in [1.29, 1.82) is 0 Å². The molecule has 1 fully saturated rings. The van der Waals surface area contributed by atoms with E-state index in [1.807, 2.05) is 57.2 Å². The fourth-order valence-electron chi connectivity index (χ4n) is 4.92. The number of carbonyl (C=O) groups is 3. The first-order valence-electron chi connectivity index (χ1n) is 12.2. The summed E-state index contributed by atoms with van der Waals surface area (Å²) in [4.78, 5) is 39.4. The van der Waals surface area contributed by atoms with Crippen molar-refractivity contribution < 1.29 is 27.5 Å². The molecule has 9 nitrogen and oxygen atoms in total. The van der Waals surface area contributed by atoms with Crippen LogP contribution in [0.15, 0.2) is 48.5 Å². The Balaban J connectivity index is 1.67. The number of fused-ring (bicyclic) bond motifs is 1. The van der Waals surface area contributed by atoms with Crippen molar-refractivity contribution in [3.05, 3.63) is 70.8 Å². The highest BCUT2D eigenvalue weighted by molar-refractivity contribution is 7.91. The summed E-state index contributed by atoms with van der Waals surface area (Å²) >= 11 is 0. The van der Waals surface area contributed by atoms with Crippen LogP contribution in [-0.2, 0) is 19.4 Å². The number of benzene rings is 3. The quantitative estimate of drug-likeness (QED) is 0.417. The molecule has 0 spiro atoms. The number of aryl methyl sites for hydroxylation is 3. The molecular weight excluding hydrogens is 506 g/mol. The van der Waals surface area contributed by atoms with Gasteiger partial charge in [0.15, 0.2) is 9.84 Å². The van der Waals surface area contributed by atoms with E-state index in [-0.39, 0.29) is 35.6 Å². The van der Waals surface area contributed by atoms with E-state index in [0.717, 1.165) is 27.5 Å². The monoisotopic (exact) mass is 537 g/mol. The molecule has 38 heavy (non-hydrogen) atoms. The molecule has 3 N–H and O–H groups in total. The van der Waals surface area contributed by atoms with Crippen LogP contribution in [0.2, 0.25) is 0 Å². The van der Waals surface area contributed by atoms with Crippen LogP contribution >= 0.6 is 0 Å². The number of rotatable bonds is 5. The van der Waals surface area contributed by atoms with Crippen LogP contribution in [0.3, 0.4) is 0 Å². The zero-order valence-electron chi connectivity index (χ0n) is 21.8. The van der Waals surface area contributed by atoms with Crippen LogP contribution in [0.5, 0.6) is 0 Å². The number of carbonyl (C=O) groups excluding carboxylic acids is 3. The molecule has 4 rings (SSSR count). The fraction of sp³-hybridized carbons (Fsp3) is 0.321. The summed E-state index contributed by atoms with van der Waals surface area (Å²) in [5.74, 6) is -1.83. The second kappa shape index (κ2) is 10.4. The number of nitrogens with one attached hydrogen (secondary N) is 3. The van der Waals surface area contributed by atoms with E-state index in [1.165, 1.54) is 7.11 Å². The minimum atomic E-state index is -3.31. The number of sulfone groups is 1. The molecular formula is C28H31N3O6S. The average Bonchev–Trinajstić information content (AvgIpc) is 2.86. The van der Waals surface area contributed by atoms with Crippen LogP contribution in [0.1, 0.15) is 39.9 Å². The number of ether oxygens (including phenoxy) is 1. The third-order valence-corrected chi connectivity index (χ3v) is 8.56. The van der Waals surface area contributed by atoms with E-state index < -0.39 is 33.3 Å². The van der Waals surface area contributed by atoms with Crippen LogP contribution in [0.25, 0.3) is 10.8 Å². The molecule has 0 saturated carbocycles. The van der Waals surface area contributed by atoms with Gasteiger partial charge in [-0.25, -0.2) is 18.0 Å². The molecule has 3 aromatic rings. The van der Waals surface area contributed by atoms with Gasteiger partial charge in [-0.1, -0.05) is 42.0 Å². The van der Waals surface area contributed by atoms with Gasteiger partial charge in [0, 0.05) is 5.69 Å². The second-order valence-electron chi connectivity index (χ2n) is 9.78. The first kappa shape index (κ1) is 27.1. The lowest BCUT2D eigenvalue weighted by atomic mass is 9.91. The van der Waals surface area contributed by atoms with Gasteiger partial charge in [0.05, 0.1) is 29.9 Å². The Morgan fingerprint density at radius 1 is 0.868 bits per heavy atom. The lowest BCUT2D eigenvalue weighted by Gasteiger charge is -2.35. The molecule has 1 saturated heterocycles. The largest absolute Gasteiger partial charge is 0.467 e. The van der Waals surface area contributed by atoms with Crippen molar-refractivity contribution in [1.82, 2.24) is 5.32 Å². The third kappa shape index (κ3) is 5.65. The summed E-state index contributed by atoms with van der Waals surface area (Å²) in [7, 11) is -2.12. The van der Waals surface area contributed by atoms with Gasteiger partial charge in [0.2, 0.25) is 0 Å². The Hall–Kier alpha value is -3.92. The number of esters is 1. The molecule has 0 unspecified atom stereocenters. The minimum Gasteiger partial charge on any atom is -0.467 e. The van der Waals surface area contributed by atoms with Gasteiger partial charge < -0.3 is 20.7 Å². The SMILES string of the molecule is COC(=O)C1(NC(=O)c2cc3ccccc3cc2NC(=O)Nc2c(C)cc(C)cc2C)CCS(=O)(=O)CC1. The van der Waals surface area contributed by atoms with E-state index in [2.05, 4.69) is 16.0 Å². The molecule has 1 aliphatic rings. The lowest BCUT2D eigenvalue weighted by Crippen LogP contribution is -2.59. The van der Waals surface area contributed by atoms with E-state index in [1.54, 1.807) is 12.1 Å². The van der Waals surface area contributed by atoms with E-state index in [0.29, 0.717) is 5.69 Å². The fourth-order valence-corrected chi connectivity index (χ4v) is 6.45. The number of amides is 3. The maximum atomic E-state index is 13.6. The number of hydrogen-bond donors (Lipinski definition) is 3. The molecule has 1 aliphatic heterocycles. The Morgan fingerprint density at radius 2 is 1.45 bits per heavy atom. The highest BCUT2D eigenvalue weighted by Gasteiger charge is 2.46. The normalized spacial score (nSPS) is 15.9. The molecule has 10 heteroatoms. The van der Waals surface area contributed by atoms with Gasteiger partial charge in [0.1, 0.15) is 5.54 Å². The van der Waals surface area contributed by atoms with Crippen LogP contribution in [0.4, 0.5) is 16.2 Å². The van der Waals surface area contributed by atoms with Gasteiger partial charge >= 0.3 is 12.0 Å². The average molecular weight is 538 g/mol. The Labute approximate surface area is 221 Å². The summed E-state index contributed by atoms with van der Waals surface area (Å²) in [6.07, 6.45) is -0.201. The van der Waals surface area contributed by atoms with Crippen molar-refractivity contribution >= 4 is 49.9 Å². The molecule has 0 atom stereocenters. The van der Waals surface area contributed by atoms with Gasteiger partial charge in [-0.3, -0.25) is 4.79 Å². The predicted molar refractivity (Wildman–Crippen MR) is 147 cm³/mol. The summed E-state index contributed by atoms with van der Waals surface area (Å²) in [6.45, 7) is 5.79. The van der Waals surface area contributed by atoms with Gasteiger partial charge in [-0.2, -0.15) is 0 Å². The van der Waals surface area contributed by atoms with Gasteiger partial charge in [-0.05, 0) is 67.6 Å². The van der Waals surface area contributed by atoms with Gasteiger partial charge in [-0.15, -0.1) is 0 Å². The number of urea groups is 1. The third-order valence-electron chi connectivity index (χ3n) is 6.90. The zero-order chi connectivity index (χ0) is 27.7. The van der Waals surface area contributed by atoms with Crippen molar-refractivity contribution in [3.63, 3.8) is 0 Å². The van der Waals surface area contributed by atoms with E-state index in [9.17, 15) is 22.8 Å². The summed E-state index contributed by atoms with van der Waals surface area (Å²) in [6, 6.07) is 14.1. The zero-order valence-corrected chi connectivity index (χ0v) is 22.6. The van der Waals surface area contributed by atoms with Crippen LogP contribution in [0, 0.1) is 20.8 Å². The molecule has 200 valence electrons. The van der Waals surface area contributed by atoms with Crippen molar-refractivity contribution in [3.8, 4) is 0 Å². The number of hydrogen-bond acceptors (Lipinski definition) is 6. The Kier molecular flexibility index (Phi) is 7.46. The smallest absolute Gasteiger partial charge is 0.331 e. The van der Waals surface area contributed by atoms with Crippen molar-refractivity contribution in [2.75, 3.05) is 29.2 Å². The molecule has 0 bridgehead atoms. The highest BCUT2D eigenvalue weighted by atomic mass is 32.2. The van der Waals surface area contributed by atoms with Gasteiger partial charge in [0.25, 0.3) is 5.91 Å². The molecule has 0 radical (unpaired) electrons. The topological polar surface area (TPSA) is 131 Å². The summed E-state index contributed by atoms with van der Waals surface area (Å²) in [5, 5.41) is 9.95. The minimum absolute atomic E-state index is 0.101. The highest BCUT2D eigenvalue weighted by Crippen LogP contribution is 2.29. The lowest BCUT2D eigenvalue weighted by molar-refractivity contribution is -0.148. The first-order chi connectivity index (χ1) is 17.9.